The first-order valence-corrected chi connectivity index (χ1v) is 9.32. The molecule has 0 atom stereocenters. The van der Waals surface area contributed by atoms with Gasteiger partial charge in [-0.1, -0.05) is 42.3 Å². The largest absolute Gasteiger partial charge is 0.366 e. The van der Waals surface area contributed by atoms with Crippen molar-refractivity contribution < 1.29 is 4.79 Å². The van der Waals surface area contributed by atoms with Gasteiger partial charge in [0, 0.05) is 18.3 Å². The minimum atomic E-state index is -0.563. The van der Waals surface area contributed by atoms with Crippen molar-refractivity contribution in [2.24, 2.45) is 5.73 Å². The Bertz CT molecular complexity index is 957. The first-order chi connectivity index (χ1) is 12.5. The molecule has 3 aromatic rings. The third-order valence-electron chi connectivity index (χ3n) is 3.72. The Morgan fingerprint density at radius 3 is 2.77 bits per heavy atom. The number of aromatic nitrogens is 4. The summed E-state index contributed by atoms with van der Waals surface area (Å²) >= 11 is 7.56. The van der Waals surface area contributed by atoms with E-state index in [4.69, 9.17) is 17.3 Å². The number of primary amides is 1. The van der Waals surface area contributed by atoms with Crippen molar-refractivity contribution in [1.29, 1.82) is 0 Å². The molecule has 134 valence electrons. The fourth-order valence-electron chi connectivity index (χ4n) is 2.51. The van der Waals surface area contributed by atoms with Crippen LogP contribution in [0.4, 0.5) is 0 Å². The summed E-state index contributed by atoms with van der Waals surface area (Å²) in [5, 5.41) is 10.3. The molecular weight excluding hydrogens is 370 g/mol. The summed E-state index contributed by atoms with van der Waals surface area (Å²) in [6, 6.07) is 9.66. The molecule has 0 unspecified atom stereocenters. The van der Waals surface area contributed by atoms with Crippen LogP contribution in [0.5, 0.6) is 0 Å². The molecule has 26 heavy (non-hydrogen) atoms. The van der Waals surface area contributed by atoms with Gasteiger partial charge in [0.05, 0.1) is 10.6 Å². The summed E-state index contributed by atoms with van der Waals surface area (Å²) in [5.41, 5.74) is 7.71. The van der Waals surface area contributed by atoms with Crippen LogP contribution < -0.4 is 5.73 Å². The van der Waals surface area contributed by atoms with Crippen molar-refractivity contribution in [3.8, 4) is 11.4 Å². The number of benzene rings is 1. The maximum atomic E-state index is 11.2. The van der Waals surface area contributed by atoms with E-state index < -0.39 is 5.91 Å². The van der Waals surface area contributed by atoms with Crippen LogP contribution in [0.25, 0.3) is 11.4 Å². The Hall–Kier alpha value is -2.38. The second-order valence-corrected chi connectivity index (χ2v) is 7.17. The molecule has 0 aliphatic heterocycles. The number of hydrogen-bond donors (Lipinski definition) is 1. The summed E-state index contributed by atoms with van der Waals surface area (Å²) in [6.45, 7) is 4.92. The number of amides is 1. The van der Waals surface area contributed by atoms with Crippen LogP contribution in [0.3, 0.4) is 0 Å². The highest BCUT2D eigenvalue weighted by Gasteiger charge is 2.17. The van der Waals surface area contributed by atoms with E-state index in [-0.39, 0.29) is 5.56 Å². The van der Waals surface area contributed by atoms with Gasteiger partial charge < -0.3 is 10.3 Å². The third kappa shape index (κ3) is 3.89. The van der Waals surface area contributed by atoms with Crippen LogP contribution in [0, 0.1) is 6.92 Å². The van der Waals surface area contributed by atoms with E-state index in [1.165, 1.54) is 24.0 Å². The summed E-state index contributed by atoms with van der Waals surface area (Å²) in [7, 11) is 0. The van der Waals surface area contributed by atoms with Gasteiger partial charge in [-0.2, -0.15) is 0 Å². The average Bonchev–Trinajstić information content (AvgIpc) is 2.99. The van der Waals surface area contributed by atoms with Gasteiger partial charge >= 0.3 is 0 Å². The minimum absolute atomic E-state index is 0.273. The second kappa shape index (κ2) is 7.88. The third-order valence-corrected chi connectivity index (χ3v) is 5.12. The van der Waals surface area contributed by atoms with Crippen LogP contribution in [0.15, 0.2) is 46.7 Å². The standard InChI is InChI=1S/C18H18ClN5OS/c1-3-7-24-16(12-6-4-5-11(2)8-12)22-23-18(24)26-17-14(19)9-13(10-21-17)15(20)25/h4-6,8-10H,3,7H2,1-2H3,(H2,20,25). The SMILES string of the molecule is CCCn1c(Sc2ncc(C(N)=O)cc2Cl)nnc1-c1cccc(C)c1. The maximum absolute atomic E-state index is 11.2. The summed E-state index contributed by atoms with van der Waals surface area (Å²) in [6.07, 6.45) is 2.35. The first-order valence-electron chi connectivity index (χ1n) is 8.13. The Morgan fingerprint density at radius 2 is 2.12 bits per heavy atom. The molecule has 2 heterocycles. The lowest BCUT2D eigenvalue weighted by molar-refractivity contribution is 0.1000. The second-order valence-electron chi connectivity index (χ2n) is 5.80. The molecule has 1 amide bonds. The number of nitrogens with zero attached hydrogens (tertiary/aromatic N) is 4. The smallest absolute Gasteiger partial charge is 0.250 e. The Morgan fingerprint density at radius 1 is 1.31 bits per heavy atom. The van der Waals surface area contributed by atoms with Crippen LogP contribution >= 0.6 is 23.4 Å². The number of hydrogen-bond acceptors (Lipinski definition) is 5. The van der Waals surface area contributed by atoms with Crippen molar-refractivity contribution >= 4 is 29.3 Å². The highest BCUT2D eigenvalue weighted by molar-refractivity contribution is 7.99. The number of carbonyl (C=O) groups excluding carboxylic acids is 1. The first kappa shape index (κ1) is 18.4. The molecule has 2 aromatic heterocycles. The highest BCUT2D eigenvalue weighted by Crippen LogP contribution is 2.33. The van der Waals surface area contributed by atoms with E-state index in [1.807, 2.05) is 25.1 Å². The molecule has 0 aliphatic rings. The van der Waals surface area contributed by atoms with Crippen LogP contribution in [-0.4, -0.2) is 25.7 Å². The van der Waals surface area contributed by atoms with Crippen molar-refractivity contribution in [2.45, 2.75) is 37.0 Å². The predicted molar refractivity (Wildman–Crippen MR) is 102 cm³/mol. The van der Waals surface area contributed by atoms with Gasteiger partial charge in [0.2, 0.25) is 5.91 Å². The quantitative estimate of drug-likeness (QED) is 0.691. The zero-order valence-corrected chi connectivity index (χ0v) is 16.0. The molecule has 1 aromatic carbocycles. The fourth-order valence-corrected chi connectivity index (χ4v) is 3.60. The molecule has 0 saturated heterocycles. The normalized spacial score (nSPS) is 10.9. The molecular formula is C18H18ClN5OS. The van der Waals surface area contributed by atoms with Gasteiger partial charge in [-0.3, -0.25) is 4.79 Å². The zero-order chi connectivity index (χ0) is 18.7. The maximum Gasteiger partial charge on any atom is 0.250 e. The van der Waals surface area contributed by atoms with Gasteiger partial charge in [-0.25, -0.2) is 4.98 Å². The van der Waals surface area contributed by atoms with Gasteiger partial charge in [-0.05, 0) is 37.2 Å². The van der Waals surface area contributed by atoms with Gasteiger partial charge in [0.1, 0.15) is 5.03 Å². The zero-order valence-electron chi connectivity index (χ0n) is 14.4. The monoisotopic (exact) mass is 387 g/mol. The molecule has 3 rings (SSSR count). The highest BCUT2D eigenvalue weighted by atomic mass is 35.5. The van der Waals surface area contributed by atoms with E-state index in [2.05, 4.69) is 32.7 Å². The predicted octanol–water partition coefficient (Wildman–Crippen LogP) is 3.96. The van der Waals surface area contributed by atoms with Crippen LogP contribution in [-0.2, 0) is 6.54 Å². The average molecular weight is 388 g/mol. The van der Waals surface area contributed by atoms with Gasteiger partial charge in [-0.15, -0.1) is 10.2 Å². The van der Waals surface area contributed by atoms with Crippen molar-refractivity contribution in [2.75, 3.05) is 0 Å². The number of carbonyl (C=O) groups is 1. The van der Waals surface area contributed by atoms with Crippen molar-refractivity contribution in [1.82, 2.24) is 19.7 Å². The number of pyridine rings is 1. The summed E-state index contributed by atoms with van der Waals surface area (Å²) < 4.78 is 2.06. The molecule has 0 aliphatic carbocycles. The van der Waals surface area contributed by atoms with E-state index in [9.17, 15) is 4.79 Å². The number of halogens is 1. The van der Waals surface area contributed by atoms with E-state index in [0.29, 0.717) is 15.2 Å². The van der Waals surface area contributed by atoms with Gasteiger partial charge in [0.25, 0.3) is 0 Å². The molecule has 6 nitrogen and oxygen atoms in total. The lowest BCUT2D eigenvalue weighted by Gasteiger charge is -2.09. The van der Waals surface area contributed by atoms with E-state index in [0.717, 1.165) is 29.9 Å². The Kier molecular flexibility index (Phi) is 5.58. The lowest BCUT2D eigenvalue weighted by Crippen LogP contribution is -2.11. The summed E-state index contributed by atoms with van der Waals surface area (Å²) in [4.78, 5) is 15.5. The molecule has 2 N–H and O–H groups in total. The molecule has 8 heteroatoms. The summed E-state index contributed by atoms with van der Waals surface area (Å²) in [5.74, 6) is 0.245. The van der Waals surface area contributed by atoms with Gasteiger partial charge in [0.15, 0.2) is 11.0 Å². The molecule has 0 spiro atoms. The molecule has 0 saturated carbocycles. The molecule has 0 bridgehead atoms. The lowest BCUT2D eigenvalue weighted by atomic mass is 10.1. The van der Waals surface area contributed by atoms with Crippen LogP contribution in [0.1, 0.15) is 29.3 Å². The number of rotatable bonds is 6. The van der Waals surface area contributed by atoms with Crippen LogP contribution in [0.2, 0.25) is 5.02 Å². The minimum Gasteiger partial charge on any atom is -0.366 e. The number of nitrogens with two attached hydrogens (primary N) is 1. The molecule has 0 fully saturated rings. The van der Waals surface area contributed by atoms with E-state index >= 15 is 0 Å². The Labute approximate surface area is 160 Å². The fraction of sp³-hybridized carbons (Fsp3) is 0.222. The molecule has 0 radical (unpaired) electrons. The van der Waals surface area contributed by atoms with Crippen molar-refractivity contribution in [3.63, 3.8) is 0 Å². The Balaban J connectivity index is 1.97. The number of aryl methyl sites for hydroxylation is 1. The topological polar surface area (TPSA) is 86.7 Å². The van der Waals surface area contributed by atoms with Crippen molar-refractivity contribution in [3.05, 3.63) is 52.7 Å². The van der Waals surface area contributed by atoms with E-state index in [1.54, 1.807) is 0 Å².